The molecule has 1 aromatic heterocycles. The van der Waals surface area contributed by atoms with Crippen LogP contribution in [-0.2, 0) is 0 Å². The molecule has 2 aromatic rings. The summed E-state index contributed by atoms with van der Waals surface area (Å²) in [5.41, 5.74) is 2.28. The lowest BCUT2D eigenvalue weighted by molar-refractivity contribution is 0.414. The van der Waals surface area contributed by atoms with Crippen molar-refractivity contribution in [2.75, 3.05) is 12.5 Å². The first-order chi connectivity index (χ1) is 8.72. The minimum absolute atomic E-state index is 0.174. The largest absolute Gasteiger partial charge is 0.497 e. The van der Waals surface area contributed by atoms with Crippen molar-refractivity contribution in [3.05, 3.63) is 36.3 Å². The summed E-state index contributed by atoms with van der Waals surface area (Å²) in [6.07, 6.45) is 1.08. The quantitative estimate of drug-likeness (QED) is 0.501. The van der Waals surface area contributed by atoms with E-state index in [9.17, 15) is 4.39 Å². The average molecular weight is 266 g/mol. The van der Waals surface area contributed by atoms with Crippen LogP contribution in [0, 0.1) is 5.82 Å². The highest BCUT2D eigenvalue weighted by Gasteiger charge is 2.08. The van der Waals surface area contributed by atoms with Gasteiger partial charge in [0.2, 0.25) is 5.95 Å². The van der Waals surface area contributed by atoms with Crippen LogP contribution in [0.4, 0.5) is 10.3 Å². The SMILES string of the molecule is COc1ccc(Sc2nc(NN)ncc2F)cc1. The van der Waals surface area contributed by atoms with E-state index in [4.69, 9.17) is 10.6 Å². The van der Waals surface area contributed by atoms with Crippen molar-refractivity contribution in [1.29, 1.82) is 0 Å². The Morgan fingerprint density at radius 3 is 2.67 bits per heavy atom. The van der Waals surface area contributed by atoms with Gasteiger partial charge in [0.25, 0.3) is 0 Å². The maximum absolute atomic E-state index is 13.5. The molecule has 0 unspecified atom stereocenters. The van der Waals surface area contributed by atoms with Crippen LogP contribution in [0.1, 0.15) is 0 Å². The summed E-state index contributed by atoms with van der Waals surface area (Å²) >= 11 is 1.19. The van der Waals surface area contributed by atoms with E-state index in [1.807, 2.05) is 12.1 Å². The predicted molar refractivity (Wildman–Crippen MR) is 66.9 cm³/mol. The molecule has 7 heteroatoms. The zero-order valence-electron chi connectivity index (χ0n) is 9.55. The van der Waals surface area contributed by atoms with Gasteiger partial charge in [-0.05, 0) is 24.3 Å². The first-order valence-corrected chi connectivity index (χ1v) is 5.85. The molecule has 0 fully saturated rings. The second-order valence-corrected chi connectivity index (χ2v) is 4.33. The number of anilines is 1. The number of nitrogens with two attached hydrogens (primary N) is 1. The molecule has 3 N–H and O–H groups in total. The monoisotopic (exact) mass is 266 g/mol. The standard InChI is InChI=1S/C11H11FN4OS/c1-17-7-2-4-8(5-3-7)18-10-9(12)6-14-11(15-10)16-13/h2-6H,13H2,1H3,(H,14,15,16). The highest BCUT2D eigenvalue weighted by atomic mass is 32.2. The number of nitrogen functional groups attached to an aromatic ring is 1. The minimum atomic E-state index is -0.491. The summed E-state index contributed by atoms with van der Waals surface area (Å²) in [5, 5.41) is 0.211. The maximum Gasteiger partial charge on any atom is 0.238 e. The third kappa shape index (κ3) is 2.88. The van der Waals surface area contributed by atoms with Gasteiger partial charge < -0.3 is 4.74 Å². The summed E-state index contributed by atoms with van der Waals surface area (Å²) in [4.78, 5) is 8.45. The first kappa shape index (κ1) is 12.6. The number of nitrogens with zero attached hydrogens (tertiary/aromatic N) is 2. The van der Waals surface area contributed by atoms with Crippen LogP contribution in [0.25, 0.3) is 0 Å². The van der Waals surface area contributed by atoms with Crippen LogP contribution in [0.15, 0.2) is 40.4 Å². The molecule has 0 aliphatic heterocycles. The second kappa shape index (κ2) is 5.65. The molecule has 0 aliphatic carbocycles. The Balaban J connectivity index is 2.21. The lowest BCUT2D eigenvalue weighted by Gasteiger charge is -2.05. The topological polar surface area (TPSA) is 73.1 Å². The molecule has 0 saturated carbocycles. The fraction of sp³-hybridized carbons (Fsp3) is 0.0909. The van der Waals surface area contributed by atoms with Crippen molar-refractivity contribution in [3.63, 3.8) is 0 Å². The van der Waals surface area contributed by atoms with Gasteiger partial charge in [-0.2, -0.15) is 0 Å². The number of halogens is 1. The molecule has 18 heavy (non-hydrogen) atoms. The van der Waals surface area contributed by atoms with Gasteiger partial charge in [-0.3, -0.25) is 5.43 Å². The molecule has 0 atom stereocenters. The minimum Gasteiger partial charge on any atom is -0.497 e. The molecule has 2 rings (SSSR count). The molecular formula is C11H11FN4OS. The van der Waals surface area contributed by atoms with Crippen LogP contribution in [-0.4, -0.2) is 17.1 Å². The third-order valence-electron chi connectivity index (χ3n) is 2.11. The van der Waals surface area contributed by atoms with Gasteiger partial charge in [-0.1, -0.05) is 11.8 Å². The number of methoxy groups -OCH3 is 1. The normalized spacial score (nSPS) is 10.2. The number of ether oxygens (including phenoxy) is 1. The number of hydrogen-bond acceptors (Lipinski definition) is 6. The highest BCUT2D eigenvalue weighted by Crippen LogP contribution is 2.29. The Kier molecular flexibility index (Phi) is 3.96. The Morgan fingerprint density at radius 2 is 2.06 bits per heavy atom. The van der Waals surface area contributed by atoms with E-state index in [2.05, 4.69) is 15.4 Å². The van der Waals surface area contributed by atoms with Crippen LogP contribution in [0.2, 0.25) is 0 Å². The summed E-state index contributed by atoms with van der Waals surface area (Å²) in [7, 11) is 1.59. The number of benzene rings is 1. The van der Waals surface area contributed by atoms with Crippen molar-refractivity contribution in [2.24, 2.45) is 5.84 Å². The maximum atomic E-state index is 13.5. The summed E-state index contributed by atoms with van der Waals surface area (Å²) < 4.78 is 18.5. The van der Waals surface area contributed by atoms with Crippen molar-refractivity contribution in [2.45, 2.75) is 9.92 Å². The average Bonchev–Trinajstić information content (AvgIpc) is 2.42. The van der Waals surface area contributed by atoms with E-state index in [1.54, 1.807) is 19.2 Å². The predicted octanol–water partition coefficient (Wildman–Crippen LogP) is 2.06. The summed E-state index contributed by atoms with van der Waals surface area (Å²) in [6.45, 7) is 0. The van der Waals surface area contributed by atoms with Gasteiger partial charge in [0.1, 0.15) is 10.8 Å². The van der Waals surface area contributed by atoms with Crippen LogP contribution in [0.5, 0.6) is 5.75 Å². The second-order valence-electron chi connectivity index (χ2n) is 3.27. The molecule has 0 spiro atoms. The van der Waals surface area contributed by atoms with Crippen molar-refractivity contribution >= 4 is 17.7 Å². The molecule has 0 saturated heterocycles. The Morgan fingerprint density at radius 1 is 1.33 bits per heavy atom. The zero-order valence-corrected chi connectivity index (χ0v) is 10.4. The summed E-state index contributed by atoms with van der Waals surface area (Å²) in [6, 6.07) is 7.23. The van der Waals surface area contributed by atoms with E-state index >= 15 is 0 Å². The first-order valence-electron chi connectivity index (χ1n) is 5.04. The van der Waals surface area contributed by atoms with Crippen molar-refractivity contribution < 1.29 is 9.13 Å². The molecule has 1 aromatic carbocycles. The Labute approximate surface area is 108 Å². The Hall–Kier alpha value is -1.86. The van der Waals surface area contributed by atoms with Gasteiger partial charge in [0.05, 0.1) is 13.3 Å². The fourth-order valence-corrected chi connectivity index (χ4v) is 2.03. The van der Waals surface area contributed by atoms with E-state index < -0.39 is 5.82 Å². The van der Waals surface area contributed by atoms with Crippen molar-refractivity contribution in [3.8, 4) is 5.75 Å². The highest BCUT2D eigenvalue weighted by molar-refractivity contribution is 7.99. The zero-order chi connectivity index (χ0) is 13.0. The lowest BCUT2D eigenvalue weighted by atomic mass is 10.3. The number of rotatable bonds is 4. The summed E-state index contributed by atoms with van der Waals surface area (Å²) in [5.74, 6) is 5.60. The molecule has 5 nitrogen and oxygen atoms in total. The Bertz CT molecular complexity index is 535. The molecule has 0 bridgehead atoms. The van der Waals surface area contributed by atoms with Gasteiger partial charge >= 0.3 is 0 Å². The van der Waals surface area contributed by atoms with Gasteiger partial charge in [0, 0.05) is 4.90 Å². The fourth-order valence-electron chi connectivity index (χ4n) is 1.25. The molecular weight excluding hydrogens is 255 g/mol. The molecule has 0 radical (unpaired) electrons. The van der Waals surface area contributed by atoms with Crippen molar-refractivity contribution in [1.82, 2.24) is 9.97 Å². The van der Waals surface area contributed by atoms with E-state index in [1.165, 1.54) is 11.8 Å². The lowest BCUT2D eigenvalue weighted by Crippen LogP contribution is -2.11. The van der Waals surface area contributed by atoms with E-state index in [-0.39, 0.29) is 11.0 Å². The number of aromatic nitrogens is 2. The van der Waals surface area contributed by atoms with Gasteiger partial charge in [-0.25, -0.2) is 20.2 Å². The number of hydrazine groups is 1. The molecule has 0 amide bonds. The van der Waals surface area contributed by atoms with E-state index in [0.717, 1.165) is 16.8 Å². The molecule has 94 valence electrons. The molecule has 1 heterocycles. The van der Waals surface area contributed by atoms with E-state index in [0.29, 0.717) is 0 Å². The van der Waals surface area contributed by atoms with Crippen LogP contribution < -0.4 is 16.0 Å². The smallest absolute Gasteiger partial charge is 0.238 e. The van der Waals surface area contributed by atoms with Crippen LogP contribution in [0.3, 0.4) is 0 Å². The number of hydrogen-bond donors (Lipinski definition) is 2. The van der Waals surface area contributed by atoms with Crippen LogP contribution >= 0.6 is 11.8 Å². The third-order valence-corrected chi connectivity index (χ3v) is 3.10. The van der Waals surface area contributed by atoms with Gasteiger partial charge in [0.15, 0.2) is 5.82 Å². The van der Waals surface area contributed by atoms with Gasteiger partial charge in [-0.15, -0.1) is 0 Å². The molecule has 0 aliphatic rings. The number of nitrogens with one attached hydrogen (secondary N) is 1.